The van der Waals surface area contributed by atoms with Crippen LogP contribution in [0.15, 0.2) is 47.4 Å². The van der Waals surface area contributed by atoms with Crippen molar-refractivity contribution in [2.75, 3.05) is 6.54 Å². The minimum Gasteiger partial charge on any atom is -0.361 e. The second-order valence-electron chi connectivity index (χ2n) is 4.71. The molecule has 0 aliphatic rings. The number of aromatic amines is 2. The Labute approximate surface area is 120 Å². The number of hydrogen-bond acceptors (Lipinski definition) is 3. The zero-order valence-corrected chi connectivity index (χ0v) is 11.2. The van der Waals surface area contributed by atoms with Crippen LogP contribution in [0.3, 0.4) is 0 Å². The molecule has 6 heteroatoms. The molecule has 0 aliphatic carbocycles. The van der Waals surface area contributed by atoms with Crippen LogP contribution in [-0.2, 0) is 6.42 Å². The predicted octanol–water partition coefficient (Wildman–Crippen LogP) is 1.22. The van der Waals surface area contributed by atoms with E-state index in [9.17, 15) is 9.59 Å². The Kier molecular flexibility index (Phi) is 3.51. The molecule has 21 heavy (non-hydrogen) atoms. The van der Waals surface area contributed by atoms with Crippen LogP contribution in [-0.4, -0.2) is 27.6 Å². The molecular formula is C15H14N4O2. The quantitative estimate of drug-likeness (QED) is 0.672. The number of nitrogens with zero attached hydrogens (tertiary/aromatic N) is 1. The maximum atomic E-state index is 11.8. The summed E-state index contributed by atoms with van der Waals surface area (Å²) in [5.74, 6) is -0.299. The molecule has 3 N–H and O–H groups in total. The number of hydrogen-bond donors (Lipinski definition) is 3. The third-order valence-corrected chi connectivity index (χ3v) is 3.23. The summed E-state index contributed by atoms with van der Waals surface area (Å²) in [6.07, 6.45) is 2.63. The first-order valence-electron chi connectivity index (χ1n) is 6.62. The van der Waals surface area contributed by atoms with E-state index in [1.165, 1.54) is 17.5 Å². The van der Waals surface area contributed by atoms with E-state index >= 15 is 0 Å². The highest BCUT2D eigenvalue weighted by atomic mass is 16.2. The molecule has 6 nitrogen and oxygen atoms in total. The van der Waals surface area contributed by atoms with Crippen molar-refractivity contribution in [3.8, 4) is 0 Å². The molecule has 0 aliphatic heterocycles. The number of amides is 1. The third-order valence-electron chi connectivity index (χ3n) is 3.23. The summed E-state index contributed by atoms with van der Waals surface area (Å²) < 4.78 is 0. The van der Waals surface area contributed by atoms with Crippen LogP contribution in [0.5, 0.6) is 0 Å². The van der Waals surface area contributed by atoms with Gasteiger partial charge in [0.2, 0.25) is 0 Å². The second kappa shape index (κ2) is 5.62. The summed E-state index contributed by atoms with van der Waals surface area (Å²) in [6.45, 7) is 0.506. The first-order chi connectivity index (χ1) is 10.2. The number of H-pyrrole nitrogens is 2. The van der Waals surface area contributed by atoms with Gasteiger partial charge in [0.15, 0.2) is 0 Å². The van der Waals surface area contributed by atoms with Gasteiger partial charge in [0, 0.05) is 24.3 Å². The Morgan fingerprint density at radius 1 is 1.19 bits per heavy atom. The highest BCUT2D eigenvalue weighted by Gasteiger charge is 2.06. The fourth-order valence-corrected chi connectivity index (χ4v) is 2.13. The topological polar surface area (TPSA) is 90.6 Å². The summed E-state index contributed by atoms with van der Waals surface area (Å²) in [6, 6.07) is 10.9. The fraction of sp³-hybridized carbons (Fsp3) is 0.133. The largest absolute Gasteiger partial charge is 0.361 e. The number of carbonyl (C=O) groups excluding carboxylic acids is 1. The number of rotatable bonds is 4. The maximum absolute atomic E-state index is 11.8. The van der Waals surface area contributed by atoms with E-state index in [0.29, 0.717) is 6.54 Å². The summed E-state index contributed by atoms with van der Waals surface area (Å²) in [4.78, 5) is 25.9. The first kappa shape index (κ1) is 13.1. The van der Waals surface area contributed by atoms with Gasteiger partial charge in [-0.15, -0.1) is 0 Å². The number of aromatic nitrogens is 3. The monoisotopic (exact) mass is 282 g/mol. The van der Waals surface area contributed by atoms with E-state index in [-0.39, 0.29) is 17.2 Å². The maximum Gasteiger partial charge on any atom is 0.271 e. The molecule has 0 fully saturated rings. The van der Waals surface area contributed by atoms with Crippen LogP contribution in [0.1, 0.15) is 16.1 Å². The summed E-state index contributed by atoms with van der Waals surface area (Å²) in [5, 5.41) is 9.86. The van der Waals surface area contributed by atoms with Gasteiger partial charge in [-0.1, -0.05) is 12.1 Å². The van der Waals surface area contributed by atoms with E-state index in [1.54, 1.807) is 0 Å². The molecule has 0 bridgehead atoms. The average Bonchev–Trinajstić information content (AvgIpc) is 2.95. The van der Waals surface area contributed by atoms with Crippen molar-refractivity contribution in [1.82, 2.24) is 20.5 Å². The molecule has 1 aromatic carbocycles. The average molecular weight is 282 g/mol. The minimum atomic E-state index is -0.328. The van der Waals surface area contributed by atoms with Gasteiger partial charge in [0.25, 0.3) is 11.5 Å². The molecular weight excluding hydrogens is 268 g/mol. The molecule has 0 unspecified atom stereocenters. The predicted molar refractivity (Wildman–Crippen MR) is 79.2 cm³/mol. The van der Waals surface area contributed by atoms with Gasteiger partial charge >= 0.3 is 0 Å². The van der Waals surface area contributed by atoms with Crippen LogP contribution in [0.4, 0.5) is 0 Å². The number of benzene rings is 1. The highest BCUT2D eigenvalue weighted by Crippen LogP contribution is 2.14. The van der Waals surface area contributed by atoms with E-state index in [1.807, 2.05) is 24.4 Å². The molecule has 0 spiro atoms. The van der Waals surface area contributed by atoms with Gasteiger partial charge in [-0.3, -0.25) is 9.59 Å². The van der Waals surface area contributed by atoms with Crippen molar-refractivity contribution in [3.05, 3.63) is 64.2 Å². The molecule has 0 radical (unpaired) electrons. The van der Waals surface area contributed by atoms with E-state index in [4.69, 9.17) is 0 Å². The molecule has 0 atom stereocenters. The summed E-state index contributed by atoms with van der Waals surface area (Å²) in [5.41, 5.74) is 2.10. The number of nitrogens with one attached hydrogen (secondary N) is 3. The Balaban J connectivity index is 1.59. The molecule has 1 amide bonds. The third kappa shape index (κ3) is 3.00. The smallest absolute Gasteiger partial charge is 0.271 e. The Bertz CT molecular complexity index is 814. The molecule has 3 rings (SSSR count). The first-order valence-corrected chi connectivity index (χ1v) is 6.62. The molecule has 106 valence electrons. The minimum absolute atomic E-state index is 0.203. The van der Waals surface area contributed by atoms with Crippen LogP contribution < -0.4 is 10.9 Å². The van der Waals surface area contributed by atoms with Gasteiger partial charge in [-0.25, -0.2) is 5.10 Å². The number of carbonyl (C=O) groups is 1. The van der Waals surface area contributed by atoms with Crippen molar-refractivity contribution >= 4 is 16.8 Å². The SMILES string of the molecule is O=C(NCCc1ccc2cc[nH]c2c1)c1ccc(=O)[nH]n1. The molecule has 0 saturated carbocycles. The Hall–Kier alpha value is -2.89. The zero-order chi connectivity index (χ0) is 14.7. The van der Waals surface area contributed by atoms with Crippen LogP contribution in [0.2, 0.25) is 0 Å². The number of fused-ring (bicyclic) bond motifs is 1. The van der Waals surface area contributed by atoms with Gasteiger partial charge in [-0.05, 0) is 35.6 Å². The van der Waals surface area contributed by atoms with Crippen molar-refractivity contribution < 1.29 is 4.79 Å². The lowest BCUT2D eigenvalue weighted by molar-refractivity contribution is 0.0948. The lowest BCUT2D eigenvalue weighted by atomic mass is 10.1. The van der Waals surface area contributed by atoms with Crippen LogP contribution >= 0.6 is 0 Å². The van der Waals surface area contributed by atoms with Crippen LogP contribution in [0, 0.1) is 0 Å². The summed E-state index contributed by atoms with van der Waals surface area (Å²) >= 11 is 0. The summed E-state index contributed by atoms with van der Waals surface area (Å²) in [7, 11) is 0. The normalized spacial score (nSPS) is 10.7. The molecule has 2 heterocycles. The molecule has 2 aromatic heterocycles. The highest BCUT2D eigenvalue weighted by molar-refractivity contribution is 5.91. The zero-order valence-electron chi connectivity index (χ0n) is 11.2. The van der Waals surface area contributed by atoms with Gasteiger partial charge < -0.3 is 10.3 Å². The lowest BCUT2D eigenvalue weighted by Gasteiger charge is -2.05. The Morgan fingerprint density at radius 3 is 2.90 bits per heavy atom. The van der Waals surface area contributed by atoms with E-state index in [0.717, 1.165) is 17.5 Å². The van der Waals surface area contributed by atoms with Gasteiger partial charge in [0.05, 0.1) is 0 Å². The van der Waals surface area contributed by atoms with Crippen LogP contribution in [0.25, 0.3) is 10.9 Å². The fourth-order valence-electron chi connectivity index (χ4n) is 2.13. The molecule has 3 aromatic rings. The second-order valence-corrected chi connectivity index (χ2v) is 4.71. The van der Waals surface area contributed by atoms with E-state index in [2.05, 4.69) is 26.6 Å². The van der Waals surface area contributed by atoms with Crippen molar-refractivity contribution in [3.63, 3.8) is 0 Å². The van der Waals surface area contributed by atoms with Crippen molar-refractivity contribution in [1.29, 1.82) is 0 Å². The standard InChI is InChI=1S/C15H14N4O2/c20-14-4-3-12(18-19-14)15(21)17-7-5-10-1-2-11-6-8-16-13(11)9-10/h1-4,6,8-9,16H,5,7H2,(H,17,21)(H,19,20). The van der Waals surface area contributed by atoms with Crippen molar-refractivity contribution in [2.45, 2.75) is 6.42 Å². The van der Waals surface area contributed by atoms with Gasteiger partial charge in [0.1, 0.15) is 5.69 Å². The van der Waals surface area contributed by atoms with Gasteiger partial charge in [-0.2, -0.15) is 5.10 Å². The van der Waals surface area contributed by atoms with E-state index < -0.39 is 0 Å². The van der Waals surface area contributed by atoms with Crippen molar-refractivity contribution in [2.24, 2.45) is 0 Å². The Morgan fingerprint density at radius 2 is 2.10 bits per heavy atom. The molecule has 0 saturated heterocycles. The lowest BCUT2D eigenvalue weighted by Crippen LogP contribution is -2.27.